The van der Waals surface area contributed by atoms with Crippen molar-refractivity contribution in [2.75, 3.05) is 51.3 Å². The number of amides is 2. The Bertz CT molecular complexity index is 1080. The molecule has 1 saturated heterocycles. The zero-order chi connectivity index (χ0) is 24.1. The summed E-state index contributed by atoms with van der Waals surface area (Å²) in [6.07, 6.45) is 0. The molecular weight excluding hydrogens is 439 g/mol. The van der Waals surface area contributed by atoms with Crippen molar-refractivity contribution in [3.05, 3.63) is 71.2 Å². The highest BCUT2D eigenvalue weighted by molar-refractivity contribution is 5.95. The number of rotatable bonds is 7. The van der Waals surface area contributed by atoms with Crippen molar-refractivity contribution in [1.82, 2.24) is 15.5 Å². The molecule has 0 bridgehead atoms. The number of halogens is 1. The average Bonchev–Trinajstić information content (AvgIpc) is 2.85. The van der Waals surface area contributed by atoms with Crippen LogP contribution in [0.15, 0.2) is 59.8 Å². The number of hydrogen-bond donors (Lipinski definition) is 2. The van der Waals surface area contributed by atoms with Crippen LogP contribution in [0.25, 0.3) is 0 Å². The predicted molar refractivity (Wildman–Crippen MR) is 126 cm³/mol. The molecule has 2 aromatic carbocycles. The summed E-state index contributed by atoms with van der Waals surface area (Å²) in [7, 11) is 1.56. The van der Waals surface area contributed by atoms with Gasteiger partial charge < -0.3 is 25.0 Å². The Labute approximate surface area is 198 Å². The van der Waals surface area contributed by atoms with Crippen molar-refractivity contribution < 1.29 is 23.5 Å². The number of nitrogens with one attached hydrogen (secondary N) is 2. The molecule has 9 heteroatoms. The smallest absolute Gasteiger partial charge is 0.338 e. The van der Waals surface area contributed by atoms with Crippen molar-refractivity contribution in [3.8, 4) is 5.75 Å². The summed E-state index contributed by atoms with van der Waals surface area (Å²) in [5, 5.41) is 5.66. The molecule has 0 aromatic heterocycles. The van der Waals surface area contributed by atoms with Crippen molar-refractivity contribution in [2.45, 2.75) is 13.0 Å². The molecule has 4 rings (SSSR count). The zero-order valence-electron chi connectivity index (χ0n) is 19.3. The van der Waals surface area contributed by atoms with Crippen LogP contribution in [0.3, 0.4) is 0 Å². The molecule has 34 heavy (non-hydrogen) atoms. The summed E-state index contributed by atoms with van der Waals surface area (Å²) >= 11 is 0. The van der Waals surface area contributed by atoms with Gasteiger partial charge in [0.25, 0.3) is 0 Å². The van der Waals surface area contributed by atoms with Gasteiger partial charge in [0.15, 0.2) is 0 Å². The van der Waals surface area contributed by atoms with Crippen molar-refractivity contribution >= 4 is 17.7 Å². The average molecular weight is 469 g/mol. The highest BCUT2D eigenvalue weighted by atomic mass is 19.1. The van der Waals surface area contributed by atoms with Crippen LogP contribution in [-0.4, -0.2) is 63.3 Å². The van der Waals surface area contributed by atoms with Gasteiger partial charge in [0, 0.05) is 38.4 Å². The second-order valence-electron chi connectivity index (χ2n) is 8.14. The predicted octanol–water partition coefficient (Wildman–Crippen LogP) is 2.83. The maximum atomic E-state index is 14.2. The Hall–Kier alpha value is -3.59. The minimum Gasteiger partial charge on any atom is -0.497 e. The van der Waals surface area contributed by atoms with E-state index in [0.29, 0.717) is 55.4 Å². The van der Waals surface area contributed by atoms with E-state index in [2.05, 4.69) is 15.5 Å². The quantitative estimate of drug-likeness (QED) is 0.608. The molecule has 0 aliphatic carbocycles. The lowest BCUT2D eigenvalue weighted by Crippen LogP contribution is -2.52. The molecule has 2 amide bonds. The third-order valence-corrected chi connectivity index (χ3v) is 6.02. The van der Waals surface area contributed by atoms with E-state index < -0.39 is 12.0 Å². The fraction of sp³-hybridized carbons (Fsp3) is 0.360. The maximum Gasteiger partial charge on any atom is 0.338 e. The van der Waals surface area contributed by atoms with Gasteiger partial charge in [-0.2, -0.15) is 0 Å². The first kappa shape index (κ1) is 23.6. The van der Waals surface area contributed by atoms with Gasteiger partial charge in [0.05, 0.1) is 31.0 Å². The van der Waals surface area contributed by atoms with Gasteiger partial charge in [0.2, 0.25) is 0 Å². The van der Waals surface area contributed by atoms with Crippen molar-refractivity contribution in [3.63, 3.8) is 0 Å². The lowest BCUT2D eigenvalue weighted by Gasteiger charge is -2.38. The highest BCUT2D eigenvalue weighted by Gasteiger charge is 2.35. The van der Waals surface area contributed by atoms with E-state index >= 15 is 0 Å². The van der Waals surface area contributed by atoms with Crippen molar-refractivity contribution in [1.29, 1.82) is 0 Å². The lowest BCUT2D eigenvalue weighted by atomic mass is 9.94. The Kier molecular flexibility index (Phi) is 7.32. The van der Waals surface area contributed by atoms with E-state index in [4.69, 9.17) is 9.47 Å². The highest BCUT2D eigenvalue weighted by Crippen LogP contribution is 2.30. The number of esters is 1. The third-order valence-electron chi connectivity index (χ3n) is 6.02. The zero-order valence-corrected chi connectivity index (χ0v) is 19.3. The number of anilines is 1. The number of benzene rings is 2. The molecule has 2 heterocycles. The van der Waals surface area contributed by atoms with E-state index in [1.54, 1.807) is 38.3 Å². The molecule has 1 atom stereocenters. The molecule has 2 N–H and O–H groups in total. The van der Waals surface area contributed by atoms with Crippen LogP contribution in [0.1, 0.15) is 18.5 Å². The van der Waals surface area contributed by atoms with E-state index in [1.165, 1.54) is 6.07 Å². The molecule has 0 spiro atoms. The van der Waals surface area contributed by atoms with Crippen LogP contribution < -0.4 is 20.3 Å². The number of methoxy groups -OCH3 is 1. The molecule has 1 unspecified atom stereocenters. The van der Waals surface area contributed by atoms with Crippen LogP contribution in [-0.2, 0) is 9.53 Å². The number of urea groups is 1. The largest absolute Gasteiger partial charge is 0.497 e. The summed E-state index contributed by atoms with van der Waals surface area (Å²) in [4.78, 5) is 29.7. The SMILES string of the molecule is CCOC(=O)C1=C(CN2CCN(c3ccccc3F)CC2)NC(=O)NC1c1cccc(OC)c1. The van der Waals surface area contributed by atoms with E-state index in [1.807, 2.05) is 23.1 Å². The summed E-state index contributed by atoms with van der Waals surface area (Å²) < 4.78 is 24.8. The molecule has 2 aliphatic heterocycles. The number of para-hydroxylation sites is 1. The Morgan fingerprint density at radius 2 is 1.88 bits per heavy atom. The first-order valence-corrected chi connectivity index (χ1v) is 11.3. The molecular formula is C25H29FN4O4. The molecule has 2 aliphatic rings. The molecule has 180 valence electrons. The van der Waals surface area contributed by atoms with Crippen LogP contribution >= 0.6 is 0 Å². The topological polar surface area (TPSA) is 83.1 Å². The van der Waals surface area contributed by atoms with Gasteiger partial charge >= 0.3 is 12.0 Å². The molecule has 1 fully saturated rings. The Balaban J connectivity index is 1.57. The minimum absolute atomic E-state index is 0.218. The minimum atomic E-state index is -0.669. The molecule has 8 nitrogen and oxygen atoms in total. The summed E-state index contributed by atoms with van der Waals surface area (Å²) in [5.41, 5.74) is 2.18. The number of carbonyl (C=O) groups excluding carboxylic acids is 2. The Morgan fingerprint density at radius 3 is 2.59 bits per heavy atom. The second kappa shape index (κ2) is 10.6. The van der Waals surface area contributed by atoms with Gasteiger partial charge in [0.1, 0.15) is 11.6 Å². The number of hydrogen-bond acceptors (Lipinski definition) is 6. The normalized spacial score (nSPS) is 18.9. The number of piperazine rings is 1. The first-order chi connectivity index (χ1) is 16.5. The van der Waals surface area contributed by atoms with Crippen LogP contribution in [0.2, 0.25) is 0 Å². The second-order valence-corrected chi connectivity index (χ2v) is 8.14. The molecule has 0 radical (unpaired) electrons. The lowest BCUT2D eigenvalue weighted by molar-refractivity contribution is -0.139. The molecule has 2 aromatic rings. The van der Waals surface area contributed by atoms with Gasteiger partial charge in [-0.3, -0.25) is 4.90 Å². The summed E-state index contributed by atoms with van der Waals surface area (Å²) in [5.74, 6) is -0.0999. The van der Waals surface area contributed by atoms with Crippen LogP contribution in [0.4, 0.5) is 14.9 Å². The maximum absolute atomic E-state index is 14.2. The number of ether oxygens (including phenoxy) is 2. The van der Waals surface area contributed by atoms with Crippen LogP contribution in [0, 0.1) is 5.82 Å². The first-order valence-electron chi connectivity index (χ1n) is 11.3. The monoisotopic (exact) mass is 468 g/mol. The van der Waals surface area contributed by atoms with Gasteiger partial charge in [-0.15, -0.1) is 0 Å². The van der Waals surface area contributed by atoms with E-state index in [-0.39, 0.29) is 18.5 Å². The standard InChI is InChI=1S/C25H29FN4O4/c1-3-34-24(31)22-20(27-25(32)28-23(22)17-7-6-8-18(15-17)33-2)16-29-11-13-30(14-12-29)21-10-5-4-9-19(21)26/h4-10,15,23H,3,11-14,16H2,1-2H3,(H2,27,28,32). The van der Waals surface area contributed by atoms with Crippen LogP contribution in [0.5, 0.6) is 5.75 Å². The number of carbonyl (C=O) groups is 2. The Morgan fingerprint density at radius 1 is 1.12 bits per heavy atom. The summed E-state index contributed by atoms with van der Waals surface area (Å²) in [6.45, 7) is 4.91. The molecule has 0 saturated carbocycles. The fourth-order valence-corrected chi connectivity index (χ4v) is 4.34. The third kappa shape index (κ3) is 5.14. The number of nitrogens with zero attached hydrogens (tertiary/aromatic N) is 2. The summed E-state index contributed by atoms with van der Waals surface area (Å²) in [6, 6.07) is 12.9. The van der Waals surface area contributed by atoms with Crippen molar-refractivity contribution in [2.24, 2.45) is 0 Å². The van der Waals surface area contributed by atoms with Gasteiger partial charge in [-0.25, -0.2) is 14.0 Å². The van der Waals surface area contributed by atoms with Gasteiger partial charge in [-0.1, -0.05) is 24.3 Å². The van der Waals surface area contributed by atoms with Gasteiger partial charge in [-0.05, 0) is 36.8 Å². The van der Waals surface area contributed by atoms with E-state index in [9.17, 15) is 14.0 Å². The fourth-order valence-electron chi connectivity index (χ4n) is 4.34. The van der Waals surface area contributed by atoms with E-state index in [0.717, 1.165) is 5.56 Å².